The van der Waals surface area contributed by atoms with Gasteiger partial charge >= 0.3 is 0 Å². The topological polar surface area (TPSA) is 58.9 Å². The molecule has 2 bridgehead atoms. The minimum atomic E-state index is -0.542. The highest BCUT2D eigenvalue weighted by atomic mass is 16.6. The summed E-state index contributed by atoms with van der Waals surface area (Å²) < 4.78 is 11.0. The van der Waals surface area contributed by atoms with Gasteiger partial charge in [0.25, 0.3) is 0 Å². The van der Waals surface area contributed by atoms with E-state index in [9.17, 15) is 10.2 Å². The third-order valence-electron chi connectivity index (χ3n) is 3.62. The summed E-state index contributed by atoms with van der Waals surface area (Å²) in [7, 11) is 1.60. The average molecular weight is 202 g/mol. The molecule has 0 aromatic carbocycles. The van der Waals surface area contributed by atoms with Crippen LogP contribution >= 0.6 is 0 Å². The van der Waals surface area contributed by atoms with Crippen molar-refractivity contribution in [3.8, 4) is 0 Å². The maximum Gasteiger partial charge on any atom is 0.118 e. The Balaban J connectivity index is 2.14. The Hall–Kier alpha value is -0.160. The Morgan fingerprint density at radius 1 is 1.57 bits per heavy atom. The molecule has 3 fully saturated rings. The van der Waals surface area contributed by atoms with Crippen molar-refractivity contribution in [2.75, 3.05) is 13.7 Å². The molecule has 3 rings (SSSR count). The SMILES string of the molecule is CCC1OC2(CO)CC(C1O)C2OC. The molecule has 0 aromatic rings. The lowest BCUT2D eigenvalue weighted by molar-refractivity contribution is -0.336. The van der Waals surface area contributed by atoms with Crippen molar-refractivity contribution in [3.05, 3.63) is 0 Å². The fourth-order valence-corrected chi connectivity index (χ4v) is 2.82. The van der Waals surface area contributed by atoms with Crippen LogP contribution in [0.3, 0.4) is 0 Å². The normalized spacial score (nSPS) is 51.4. The zero-order chi connectivity index (χ0) is 10.3. The minimum Gasteiger partial charge on any atom is -0.393 e. The number of rotatable bonds is 3. The van der Waals surface area contributed by atoms with E-state index >= 15 is 0 Å². The summed E-state index contributed by atoms with van der Waals surface area (Å²) >= 11 is 0. The van der Waals surface area contributed by atoms with Crippen LogP contribution in [0, 0.1) is 5.92 Å². The van der Waals surface area contributed by atoms with E-state index in [-0.39, 0.29) is 24.7 Å². The molecule has 5 atom stereocenters. The van der Waals surface area contributed by atoms with Crippen LogP contribution < -0.4 is 0 Å². The summed E-state index contributed by atoms with van der Waals surface area (Å²) in [6.07, 6.45) is 0.742. The molecular weight excluding hydrogens is 184 g/mol. The molecule has 0 aromatic heterocycles. The van der Waals surface area contributed by atoms with Gasteiger partial charge in [-0.15, -0.1) is 0 Å². The third-order valence-corrected chi connectivity index (χ3v) is 3.62. The van der Waals surface area contributed by atoms with Gasteiger partial charge in [0.15, 0.2) is 0 Å². The smallest absolute Gasteiger partial charge is 0.118 e. The summed E-state index contributed by atoms with van der Waals surface area (Å²) in [6.45, 7) is 1.96. The van der Waals surface area contributed by atoms with Crippen LogP contribution in [-0.2, 0) is 9.47 Å². The van der Waals surface area contributed by atoms with Crippen LogP contribution in [0.25, 0.3) is 0 Å². The van der Waals surface area contributed by atoms with Gasteiger partial charge in [0, 0.05) is 13.0 Å². The Morgan fingerprint density at radius 3 is 2.79 bits per heavy atom. The zero-order valence-electron chi connectivity index (χ0n) is 8.64. The molecule has 0 amide bonds. The molecule has 2 heterocycles. The van der Waals surface area contributed by atoms with E-state index in [2.05, 4.69) is 0 Å². The van der Waals surface area contributed by atoms with Gasteiger partial charge in [-0.05, 0) is 12.8 Å². The Morgan fingerprint density at radius 2 is 2.29 bits per heavy atom. The van der Waals surface area contributed by atoms with Crippen LogP contribution in [0.2, 0.25) is 0 Å². The van der Waals surface area contributed by atoms with Crippen molar-refractivity contribution >= 4 is 0 Å². The van der Waals surface area contributed by atoms with E-state index in [0.29, 0.717) is 6.42 Å². The van der Waals surface area contributed by atoms with E-state index in [0.717, 1.165) is 6.42 Å². The molecular formula is C10H18O4. The molecule has 1 aliphatic carbocycles. The van der Waals surface area contributed by atoms with E-state index in [1.54, 1.807) is 7.11 Å². The van der Waals surface area contributed by atoms with Crippen molar-refractivity contribution in [3.63, 3.8) is 0 Å². The molecule has 2 N–H and O–H groups in total. The molecule has 2 aliphatic heterocycles. The van der Waals surface area contributed by atoms with Crippen LogP contribution in [0.1, 0.15) is 19.8 Å². The Kier molecular flexibility index (Phi) is 2.55. The average Bonchev–Trinajstić information content (AvgIpc) is 2.18. The van der Waals surface area contributed by atoms with Crippen molar-refractivity contribution in [2.45, 2.75) is 43.7 Å². The molecule has 4 heteroatoms. The van der Waals surface area contributed by atoms with Crippen LogP contribution in [0.15, 0.2) is 0 Å². The summed E-state index contributed by atoms with van der Waals surface area (Å²) in [5.41, 5.74) is -0.542. The summed E-state index contributed by atoms with van der Waals surface area (Å²) in [5.74, 6) is 0.130. The van der Waals surface area contributed by atoms with Gasteiger partial charge in [-0.2, -0.15) is 0 Å². The maximum atomic E-state index is 9.90. The quantitative estimate of drug-likeness (QED) is 0.672. The number of hydrogen-bond acceptors (Lipinski definition) is 4. The molecule has 82 valence electrons. The largest absolute Gasteiger partial charge is 0.393 e. The highest BCUT2D eigenvalue weighted by molar-refractivity contribution is 5.12. The third kappa shape index (κ3) is 1.15. The molecule has 0 spiro atoms. The second-order valence-electron chi connectivity index (χ2n) is 4.30. The van der Waals surface area contributed by atoms with Crippen LogP contribution in [0.5, 0.6) is 0 Å². The van der Waals surface area contributed by atoms with Gasteiger partial charge in [-0.25, -0.2) is 0 Å². The van der Waals surface area contributed by atoms with Gasteiger partial charge in [-0.3, -0.25) is 0 Å². The van der Waals surface area contributed by atoms with Gasteiger partial charge in [-0.1, -0.05) is 6.92 Å². The second kappa shape index (κ2) is 3.45. The monoisotopic (exact) mass is 202 g/mol. The molecule has 3 aliphatic rings. The van der Waals surface area contributed by atoms with E-state index in [1.165, 1.54) is 0 Å². The predicted molar refractivity (Wildman–Crippen MR) is 49.9 cm³/mol. The first kappa shape index (κ1) is 10.4. The standard InChI is InChI=1S/C10H18O4/c1-3-7-8(12)6-4-10(5-11,14-7)9(6)13-2/h6-9,11-12H,3-5H2,1-2H3. The molecule has 4 nitrogen and oxygen atoms in total. The number of aliphatic hydroxyl groups excluding tert-OH is 2. The Bertz CT molecular complexity index is 220. The molecule has 5 unspecified atom stereocenters. The van der Waals surface area contributed by atoms with Gasteiger partial charge in [0.1, 0.15) is 5.60 Å². The first-order chi connectivity index (χ1) is 6.68. The van der Waals surface area contributed by atoms with E-state index < -0.39 is 11.7 Å². The first-order valence-corrected chi connectivity index (χ1v) is 5.18. The second-order valence-corrected chi connectivity index (χ2v) is 4.30. The van der Waals surface area contributed by atoms with Gasteiger partial charge in [0.2, 0.25) is 0 Å². The lowest BCUT2D eigenvalue weighted by Gasteiger charge is -2.61. The number of aliphatic hydroxyl groups is 2. The first-order valence-electron chi connectivity index (χ1n) is 5.18. The summed E-state index contributed by atoms with van der Waals surface area (Å²) in [6, 6.07) is 0. The molecule has 1 saturated carbocycles. The van der Waals surface area contributed by atoms with Crippen molar-refractivity contribution < 1.29 is 19.7 Å². The lowest BCUT2D eigenvalue weighted by atomic mass is 9.62. The van der Waals surface area contributed by atoms with Crippen molar-refractivity contribution in [2.24, 2.45) is 5.92 Å². The van der Waals surface area contributed by atoms with E-state index in [4.69, 9.17) is 9.47 Å². The summed E-state index contributed by atoms with van der Waals surface area (Å²) in [4.78, 5) is 0. The predicted octanol–water partition coefficient (Wildman–Crippen LogP) is -0.0779. The highest BCUT2D eigenvalue weighted by Crippen LogP contribution is 2.51. The zero-order valence-corrected chi connectivity index (χ0v) is 8.64. The van der Waals surface area contributed by atoms with Gasteiger partial charge < -0.3 is 19.7 Å². The minimum absolute atomic E-state index is 0.0226. The number of methoxy groups -OCH3 is 1. The fourth-order valence-electron chi connectivity index (χ4n) is 2.82. The van der Waals surface area contributed by atoms with Crippen molar-refractivity contribution in [1.29, 1.82) is 0 Å². The Labute approximate surface area is 83.8 Å². The van der Waals surface area contributed by atoms with Crippen LogP contribution in [0.4, 0.5) is 0 Å². The maximum absolute atomic E-state index is 9.90. The van der Waals surface area contributed by atoms with E-state index in [1.807, 2.05) is 6.92 Å². The molecule has 14 heavy (non-hydrogen) atoms. The number of ether oxygens (including phenoxy) is 2. The highest BCUT2D eigenvalue weighted by Gasteiger charge is 2.63. The lowest BCUT2D eigenvalue weighted by Crippen LogP contribution is -2.73. The number of hydrogen-bond donors (Lipinski definition) is 2. The number of fused-ring (bicyclic) bond motifs is 2. The van der Waals surface area contributed by atoms with Crippen molar-refractivity contribution in [1.82, 2.24) is 0 Å². The molecule has 2 saturated heterocycles. The van der Waals surface area contributed by atoms with Gasteiger partial charge in [0.05, 0.1) is 24.9 Å². The fraction of sp³-hybridized carbons (Fsp3) is 1.00. The summed E-state index contributed by atoms with van der Waals surface area (Å²) in [5, 5.41) is 19.2. The molecule has 0 radical (unpaired) electrons. The van der Waals surface area contributed by atoms with Crippen LogP contribution in [-0.4, -0.2) is 47.8 Å².